The van der Waals surface area contributed by atoms with Crippen LogP contribution in [0.1, 0.15) is 27.2 Å². The van der Waals surface area contributed by atoms with Gasteiger partial charge in [-0.15, -0.1) is 0 Å². The highest BCUT2D eigenvalue weighted by Crippen LogP contribution is 2.29. The molecule has 4 nitrogen and oxygen atoms in total. The van der Waals surface area contributed by atoms with Crippen molar-refractivity contribution in [3.05, 3.63) is 52.8 Å². The second kappa shape index (κ2) is 5.82. The molecule has 0 aliphatic heterocycles. The highest BCUT2D eigenvalue weighted by atomic mass is 19.4. The van der Waals surface area contributed by atoms with Crippen molar-refractivity contribution in [1.82, 2.24) is 14.7 Å². The van der Waals surface area contributed by atoms with E-state index >= 15 is 0 Å². The number of hydrogen-bond donors (Lipinski definition) is 0. The molecule has 0 aliphatic carbocycles. The lowest BCUT2D eigenvalue weighted by atomic mass is 10.1. The standard InChI is InChI=1S/C15H16F3N3O/c1-10-12(8-19-21(10)3)9-20(2)14(22)11-5-4-6-13(7-11)15(16,17)18/h4-8H,9H2,1-3H3. The van der Waals surface area contributed by atoms with Crippen molar-refractivity contribution in [2.24, 2.45) is 7.05 Å². The molecule has 0 saturated carbocycles. The summed E-state index contributed by atoms with van der Waals surface area (Å²) in [5.41, 5.74) is 0.942. The minimum Gasteiger partial charge on any atom is -0.337 e. The molecule has 1 aromatic heterocycles. The largest absolute Gasteiger partial charge is 0.416 e. The Morgan fingerprint density at radius 1 is 1.36 bits per heavy atom. The fourth-order valence-corrected chi connectivity index (χ4v) is 2.08. The summed E-state index contributed by atoms with van der Waals surface area (Å²) in [5.74, 6) is -0.464. The van der Waals surface area contributed by atoms with Crippen molar-refractivity contribution >= 4 is 5.91 Å². The number of carbonyl (C=O) groups excluding carboxylic acids is 1. The van der Waals surface area contributed by atoms with Crippen molar-refractivity contribution in [1.29, 1.82) is 0 Å². The Morgan fingerprint density at radius 3 is 2.59 bits per heavy atom. The van der Waals surface area contributed by atoms with E-state index in [4.69, 9.17) is 0 Å². The van der Waals surface area contributed by atoms with E-state index in [-0.39, 0.29) is 12.1 Å². The normalized spacial score (nSPS) is 11.5. The smallest absolute Gasteiger partial charge is 0.337 e. The van der Waals surface area contributed by atoms with Gasteiger partial charge in [-0.1, -0.05) is 6.07 Å². The molecule has 0 saturated heterocycles. The zero-order valence-corrected chi connectivity index (χ0v) is 12.5. The van der Waals surface area contributed by atoms with Gasteiger partial charge < -0.3 is 4.90 Å². The van der Waals surface area contributed by atoms with Gasteiger partial charge in [0, 0.05) is 37.5 Å². The number of halogens is 3. The van der Waals surface area contributed by atoms with Crippen molar-refractivity contribution in [3.63, 3.8) is 0 Å². The van der Waals surface area contributed by atoms with Gasteiger partial charge in [0.25, 0.3) is 5.91 Å². The van der Waals surface area contributed by atoms with Crippen molar-refractivity contribution < 1.29 is 18.0 Å². The Hall–Kier alpha value is -2.31. The Bertz CT molecular complexity index is 692. The van der Waals surface area contributed by atoms with Gasteiger partial charge in [0.15, 0.2) is 0 Å². The Balaban J connectivity index is 2.19. The minimum absolute atomic E-state index is 0.0128. The number of rotatable bonds is 3. The van der Waals surface area contributed by atoms with E-state index in [1.807, 2.05) is 6.92 Å². The SMILES string of the molecule is Cc1c(CN(C)C(=O)c2cccc(C(F)(F)F)c2)cnn1C. The van der Waals surface area contributed by atoms with Gasteiger partial charge in [-0.25, -0.2) is 0 Å². The molecule has 0 fully saturated rings. The molecule has 0 radical (unpaired) electrons. The van der Waals surface area contributed by atoms with Gasteiger partial charge in [-0.2, -0.15) is 18.3 Å². The van der Waals surface area contributed by atoms with Gasteiger partial charge >= 0.3 is 6.18 Å². The van der Waals surface area contributed by atoms with Crippen LogP contribution in [0, 0.1) is 6.92 Å². The molecule has 0 spiro atoms. The first-order valence-electron chi connectivity index (χ1n) is 6.60. The van der Waals surface area contributed by atoms with Crippen molar-refractivity contribution in [3.8, 4) is 0 Å². The quantitative estimate of drug-likeness (QED) is 0.874. The summed E-state index contributed by atoms with van der Waals surface area (Å²) in [4.78, 5) is 13.7. The fraction of sp³-hybridized carbons (Fsp3) is 0.333. The lowest BCUT2D eigenvalue weighted by Crippen LogP contribution is -2.26. The average molecular weight is 311 g/mol. The summed E-state index contributed by atoms with van der Waals surface area (Å²) in [6.07, 6.45) is -2.82. The second-order valence-electron chi connectivity index (χ2n) is 5.12. The summed E-state index contributed by atoms with van der Waals surface area (Å²) >= 11 is 0. The predicted octanol–water partition coefficient (Wildman–Crippen LogP) is 3.02. The molecule has 0 atom stereocenters. The van der Waals surface area contributed by atoms with Crippen LogP contribution in [-0.4, -0.2) is 27.6 Å². The fourth-order valence-electron chi connectivity index (χ4n) is 2.08. The number of aromatic nitrogens is 2. The zero-order chi connectivity index (χ0) is 16.5. The molecule has 7 heteroatoms. The van der Waals surface area contributed by atoms with E-state index in [0.717, 1.165) is 23.4 Å². The van der Waals surface area contributed by atoms with Crippen LogP contribution in [-0.2, 0) is 19.8 Å². The molecule has 1 heterocycles. The van der Waals surface area contributed by atoms with Crippen LogP contribution in [0.15, 0.2) is 30.5 Å². The lowest BCUT2D eigenvalue weighted by Gasteiger charge is -2.18. The zero-order valence-electron chi connectivity index (χ0n) is 12.5. The van der Waals surface area contributed by atoms with E-state index in [1.165, 1.54) is 17.0 Å². The second-order valence-corrected chi connectivity index (χ2v) is 5.12. The first-order valence-corrected chi connectivity index (χ1v) is 6.60. The lowest BCUT2D eigenvalue weighted by molar-refractivity contribution is -0.137. The Labute approximate surface area is 126 Å². The summed E-state index contributed by atoms with van der Waals surface area (Å²) in [6.45, 7) is 2.15. The van der Waals surface area contributed by atoms with Crippen molar-refractivity contribution in [2.75, 3.05) is 7.05 Å². The molecule has 118 valence electrons. The van der Waals surface area contributed by atoms with Gasteiger partial charge in [0.1, 0.15) is 0 Å². The van der Waals surface area contributed by atoms with E-state index in [2.05, 4.69) is 5.10 Å². The number of aryl methyl sites for hydroxylation is 1. The molecule has 2 rings (SSSR count). The van der Waals surface area contributed by atoms with E-state index in [9.17, 15) is 18.0 Å². The number of carbonyl (C=O) groups is 1. The third-order valence-corrected chi connectivity index (χ3v) is 3.53. The summed E-state index contributed by atoms with van der Waals surface area (Å²) in [5, 5.41) is 4.08. The maximum Gasteiger partial charge on any atom is 0.416 e. The molecular weight excluding hydrogens is 295 g/mol. The highest BCUT2D eigenvalue weighted by molar-refractivity contribution is 5.94. The number of amides is 1. The van der Waals surface area contributed by atoms with Crippen LogP contribution in [0.25, 0.3) is 0 Å². The summed E-state index contributed by atoms with van der Waals surface area (Å²) < 4.78 is 39.8. The van der Waals surface area contributed by atoms with Gasteiger partial charge in [-0.05, 0) is 25.1 Å². The molecule has 1 aromatic carbocycles. The van der Waals surface area contributed by atoms with Gasteiger partial charge in [0.05, 0.1) is 11.8 Å². The van der Waals surface area contributed by atoms with Gasteiger partial charge in [-0.3, -0.25) is 9.48 Å². The molecule has 0 N–H and O–H groups in total. The van der Waals surface area contributed by atoms with Crippen LogP contribution in [0.4, 0.5) is 13.2 Å². The Kier molecular flexibility index (Phi) is 4.25. The van der Waals surface area contributed by atoms with E-state index in [0.29, 0.717) is 0 Å². The summed E-state index contributed by atoms with van der Waals surface area (Å²) in [7, 11) is 3.34. The predicted molar refractivity (Wildman–Crippen MR) is 75.2 cm³/mol. The van der Waals surface area contributed by atoms with Crippen LogP contribution in [0.2, 0.25) is 0 Å². The van der Waals surface area contributed by atoms with Crippen LogP contribution < -0.4 is 0 Å². The van der Waals surface area contributed by atoms with Crippen LogP contribution in [0.3, 0.4) is 0 Å². The first kappa shape index (κ1) is 16.1. The Morgan fingerprint density at radius 2 is 2.05 bits per heavy atom. The first-order chi connectivity index (χ1) is 10.2. The number of nitrogens with zero attached hydrogens (tertiary/aromatic N) is 3. The molecule has 2 aromatic rings. The molecule has 22 heavy (non-hydrogen) atoms. The minimum atomic E-state index is -4.46. The third-order valence-electron chi connectivity index (χ3n) is 3.53. The van der Waals surface area contributed by atoms with Crippen molar-refractivity contribution in [2.45, 2.75) is 19.6 Å². The van der Waals surface area contributed by atoms with E-state index < -0.39 is 17.6 Å². The maximum absolute atomic E-state index is 12.7. The maximum atomic E-state index is 12.7. The topological polar surface area (TPSA) is 38.1 Å². The van der Waals surface area contributed by atoms with Gasteiger partial charge in [0.2, 0.25) is 0 Å². The third kappa shape index (κ3) is 3.29. The highest BCUT2D eigenvalue weighted by Gasteiger charge is 2.31. The molecule has 0 bridgehead atoms. The molecule has 0 aliphatic rings. The van der Waals surface area contributed by atoms with E-state index in [1.54, 1.807) is 25.0 Å². The number of hydrogen-bond acceptors (Lipinski definition) is 2. The summed E-state index contributed by atoms with van der Waals surface area (Å²) in [6, 6.07) is 4.43. The van der Waals surface area contributed by atoms with Crippen LogP contribution in [0.5, 0.6) is 0 Å². The molecule has 1 amide bonds. The molecule has 0 unspecified atom stereocenters. The number of alkyl halides is 3. The average Bonchev–Trinajstić information content (AvgIpc) is 2.77. The monoisotopic (exact) mass is 311 g/mol. The number of benzene rings is 1. The van der Waals surface area contributed by atoms with Crippen LogP contribution >= 0.6 is 0 Å². The molecular formula is C15H16F3N3O.